The van der Waals surface area contributed by atoms with Gasteiger partial charge in [0.1, 0.15) is 15.8 Å². The molecule has 0 spiro atoms. The van der Waals surface area contributed by atoms with Crippen molar-refractivity contribution in [3.8, 4) is 0 Å². The van der Waals surface area contributed by atoms with Gasteiger partial charge in [0.2, 0.25) is 0 Å². The zero-order valence-corrected chi connectivity index (χ0v) is 21.9. The molecule has 0 aliphatic carbocycles. The third-order valence-corrected chi connectivity index (χ3v) is 8.20. The van der Waals surface area contributed by atoms with Crippen LogP contribution in [0.15, 0.2) is 82.6 Å². The monoisotopic (exact) mass is 524 g/mol. The van der Waals surface area contributed by atoms with Gasteiger partial charge in [-0.3, -0.25) is 18.9 Å². The number of aromatic nitrogens is 2. The fourth-order valence-electron chi connectivity index (χ4n) is 4.88. The average molecular weight is 525 g/mol. The predicted octanol–water partition coefficient (Wildman–Crippen LogP) is 4.97. The number of thioether (sulfide) groups is 1. The summed E-state index contributed by atoms with van der Waals surface area (Å²) < 4.78 is 2.05. The van der Waals surface area contributed by atoms with E-state index in [0.29, 0.717) is 39.3 Å². The van der Waals surface area contributed by atoms with Crippen molar-refractivity contribution in [1.29, 1.82) is 0 Å². The molecule has 0 saturated carbocycles. The minimum Gasteiger partial charge on any atom is -0.351 e. The summed E-state index contributed by atoms with van der Waals surface area (Å²) in [5, 5.41) is 0. The highest BCUT2D eigenvalue weighted by molar-refractivity contribution is 8.26. The number of aryl methyl sites for hydroxylation is 1. The van der Waals surface area contributed by atoms with Crippen LogP contribution in [-0.2, 0) is 24.3 Å². The van der Waals surface area contributed by atoms with E-state index in [-0.39, 0.29) is 11.5 Å². The molecule has 0 atom stereocenters. The lowest BCUT2D eigenvalue weighted by Crippen LogP contribution is -2.34. The lowest BCUT2D eigenvalue weighted by Gasteiger charge is -2.31. The first kappa shape index (κ1) is 23.6. The second-order valence-corrected chi connectivity index (χ2v) is 10.9. The summed E-state index contributed by atoms with van der Waals surface area (Å²) in [5.41, 5.74) is 5.28. The van der Waals surface area contributed by atoms with Gasteiger partial charge in [0.25, 0.3) is 11.5 Å². The van der Waals surface area contributed by atoms with E-state index in [2.05, 4.69) is 23.1 Å². The largest absolute Gasteiger partial charge is 0.351 e. The Hall–Kier alpha value is -3.75. The van der Waals surface area contributed by atoms with E-state index in [9.17, 15) is 9.59 Å². The number of hydrogen-bond acceptors (Lipinski definition) is 6. The van der Waals surface area contributed by atoms with Crippen LogP contribution in [0, 0.1) is 6.92 Å². The molecule has 37 heavy (non-hydrogen) atoms. The Labute approximate surface area is 224 Å². The van der Waals surface area contributed by atoms with Crippen molar-refractivity contribution in [2.45, 2.75) is 26.4 Å². The van der Waals surface area contributed by atoms with Gasteiger partial charge >= 0.3 is 0 Å². The van der Waals surface area contributed by atoms with Gasteiger partial charge < -0.3 is 4.90 Å². The molecule has 184 valence electrons. The number of anilines is 1. The van der Waals surface area contributed by atoms with Crippen molar-refractivity contribution in [2.24, 2.45) is 0 Å². The molecule has 2 aliphatic heterocycles. The summed E-state index contributed by atoms with van der Waals surface area (Å²) in [6.45, 7) is 3.74. The third kappa shape index (κ3) is 4.36. The van der Waals surface area contributed by atoms with Crippen LogP contribution >= 0.6 is 24.0 Å². The molecular weight excluding hydrogens is 500 g/mol. The number of fused-ring (bicyclic) bond motifs is 2. The Kier molecular flexibility index (Phi) is 6.14. The third-order valence-electron chi connectivity index (χ3n) is 6.83. The summed E-state index contributed by atoms with van der Waals surface area (Å²) in [6.07, 6.45) is 4.28. The number of rotatable bonds is 4. The summed E-state index contributed by atoms with van der Waals surface area (Å²) >= 11 is 6.79. The van der Waals surface area contributed by atoms with Crippen molar-refractivity contribution in [1.82, 2.24) is 14.3 Å². The maximum Gasteiger partial charge on any atom is 0.267 e. The van der Waals surface area contributed by atoms with Crippen molar-refractivity contribution >= 4 is 51.7 Å². The Morgan fingerprint density at radius 3 is 2.57 bits per heavy atom. The fourth-order valence-corrected chi connectivity index (χ4v) is 6.11. The molecule has 4 heterocycles. The number of thiocarbonyl (C=S) groups is 1. The molecule has 6 nitrogen and oxygen atoms in total. The van der Waals surface area contributed by atoms with E-state index in [4.69, 9.17) is 17.2 Å². The lowest BCUT2D eigenvalue weighted by atomic mass is 9.99. The first-order chi connectivity index (χ1) is 18.0. The molecule has 0 N–H and O–H groups in total. The first-order valence-electron chi connectivity index (χ1n) is 12.1. The molecule has 1 fully saturated rings. The van der Waals surface area contributed by atoms with Crippen LogP contribution in [0.25, 0.3) is 11.7 Å². The maximum atomic E-state index is 13.8. The standard InChI is InChI=1S/C29H24N4O2S2/c1-19-8-7-14-32-25(19)30-26(31-15-13-21-11-5-6-12-22(21)18-31)23(27(32)34)16-24-28(35)33(29(36)37-24)17-20-9-3-2-4-10-20/h2-12,14,16H,13,15,17-18H2,1H3/b24-16-. The molecule has 2 aromatic heterocycles. The molecule has 1 saturated heterocycles. The van der Waals surface area contributed by atoms with Crippen molar-refractivity contribution < 1.29 is 4.79 Å². The van der Waals surface area contributed by atoms with Gasteiger partial charge in [-0.05, 0) is 47.7 Å². The zero-order chi connectivity index (χ0) is 25.5. The molecule has 0 unspecified atom stereocenters. The maximum absolute atomic E-state index is 13.8. The summed E-state index contributed by atoms with van der Waals surface area (Å²) in [7, 11) is 0. The molecule has 2 aromatic carbocycles. The minimum absolute atomic E-state index is 0.192. The first-order valence-corrected chi connectivity index (χ1v) is 13.3. The van der Waals surface area contributed by atoms with Crippen LogP contribution in [0.1, 0.15) is 27.8 Å². The highest BCUT2D eigenvalue weighted by atomic mass is 32.2. The number of hydrogen-bond donors (Lipinski definition) is 0. The number of pyridine rings is 1. The van der Waals surface area contributed by atoms with Crippen LogP contribution in [0.3, 0.4) is 0 Å². The Morgan fingerprint density at radius 1 is 1.00 bits per heavy atom. The Morgan fingerprint density at radius 2 is 1.76 bits per heavy atom. The van der Waals surface area contributed by atoms with Gasteiger partial charge in [0.15, 0.2) is 0 Å². The minimum atomic E-state index is -0.198. The predicted molar refractivity (Wildman–Crippen MR) is 153 cm³/mol. The number of amides is 1. The van der Waals surface area contributed by atoms with Gasteiger partial charge in [-0.1, -0.05) is 84.6 Å². The molecule has 0 bridgehead atoms. The van der Waals surface area contributed by atoms with Crippen molar-refractivity contribution in [3.63, 3.8) is 0 Å². The van der Waals surface area contributed by atoms with E-state index < -0.39 is 0 Å². The Balaban J connectivity index is 1.44. The Bertz CT molecular complexity index is 1650. The van der Waals surface area contributed by atoms with Gasteiger partial charge in [0, 0.05) is 19.3 Å². The van der Waals surface area contributed by atoms with Gasteiger partial charge in [-0.25, -0.2) is 4.98 Å². The number of carbonyl (C=O) groups excluding carboxylic acids is 1. The molecule has 4 aromatic rings. The second kappa shape index (κ2) is 9.61. The quantitative estimate of drug-likeness (QED) is 0.278. The van der Waals surface area contributed by atoms with E-state index in [1.54, 1.807) is 21.6 Å². The average Bonchev–Trinajstić information content (AvgIpc) is 3.18. The summed E-state index contributed by atoms with van der Waals surface area (Å²) in [4.78, 5) is 36.4. The zero-order valence-electron chi connectivity index (χ0n) is 20.3. The molecule has 8 heteroatoms. The van der Waals surface area contributed by atoms with Crippen LogP contribution in [0.4, 0.5) is 5.82 Å². The smallest absolute Gasteiger partial charge is 0.267 e. The van der Waals surface area contributed by atoms with Crippen LogP contribution in [0.5, 0.6) is 0 Å². The second-order valence-electron chi connectivity index (χ2n) is 9.23. The topological polar surface area (TPSA) is 57.9 Å². The van der Waals surface area contributed by atoms with Crippen LogP contribution < -0.4 is 10.5 Å². The van der Waals surface area contributed by atoms with Gasteiger partial charge in [-0.2, -0.15) is 0 Å². The highest BCUT2D eigenvalue weighted by Gasteiger charge is 2.33. The fraction of sp³-hybridized carbons (Fsp3) is 0.172. The normalized spacial score (nSPS) is 16.6. The van der Waals surface area contributed by atoms with E-state index in [1.807, 2.05) is 55.5 Å². The molecule has 0 radical (unpaired) electrons. The van der Waals surface area contributed by atoms with Gasteiger partial charge in [-0.15, -0.1) is 0 Å². The molecule has 1 amide bonds. The van der Waals surface area contributed by atoms with Crippen molar-refractivity contribution in [2.75, 3.05) is 11.4 Å². The number of benzene rings is 2. The molecule has 6 rings (SSSR count). The van der Waals surface area contributed by atoms with E-state index in [1.165, 1.54) is 22.9 Å². The van der Waals surface area contributed by atoms with Crippen LogP contribution in [-0.4, -0.2) is 31.1 Å². The number of nitrogens with zero attached hydrogens (tertiary/aromatic N) is 4. The van der Waals surface area contributed by atoms with Gasteiger partial charge in [0.05, 0.1) is 17.0 Å². The highest BCUT2D eigenvalue weighted by Crippen LogP contribution is 2.35. The van der Waals surface area contributed by atoms with Crippen LogP contribution in [0.2, 0.25) is 0 Å². The van der Waals surface area contributed by atoms with Crippen molar-refractivity contribution in [3.05, 3.63) is 116 Å². The molecular formula is C29H24N4O2S2. The van der Waals surface area contributed by atoms with E-state index in [0.717, 1.165) is 24.1 Å². The summed E-state index contributed by atoms with van der Waals surface area (Å²) in [6, 6.07) is 21.9. The number of carbonyl (C=O) groups is 1. The van der Waals surface area contributed by atoms with E-state index >= 15 is 0 Å². The lowest BCUT2D eigenvalue weighted by molar-refractivity contribution is -0.122. The molecule has 2 aliphatic rings. The SMILES string of the molecule is Cc1cccn2c(=O)c(/C=C3\SC(=S)N(Cc4ccccc4)C3=O)c(N3CCc4ccccc4C3)nc12. The summed E-state index contributed by atoms with van der Waals surface area (Å²) in [5.74, 6) is 0.407.